The number of fused-ring (bicyclic) bond motifs is 1. The van der Waals surface area contributed by atoms with E-state index in [2.05, 4.69) is 25.8 Å². The van der Waals surface area contributed by atoms with Gasteiger partial charge in [-0.2, -0.15) is 0 Å². The van der Waals surface area contributed by atoms with Crippen LogP contribution in [0.4, 0.5) is 0 Å². The molecule has 0 spiro atoms. The maximum atomic E-state index is 2.50. The van der Waals surface area contributed by atoms with Crippen molar-refractivity contribution in [1.82, 2.24) is 4.90 Å². The Bertz CT molecular complexity index is 166. The number of hydrogen-bond acceptors (Lipinski definition) is 1. The highest BCUT2D eigenvalue weighted by Crippen LogP contribution is 2.51. The minimum atomic E-state index is 0.661. The lowest BCUT2D eigenvalue weighted by Gasteiger charge is -2.28. The molecule has 1 saturated carbocycles. The largest absolute Gasteiger partial charge is 0.306 e. The number of nitrogens with zero attached hydrogens (tertiary/aromatic N) is 1. The number of hydrogen-bond donors (Lipinski definition) is 0. The first-order valence-corrected chi connectivity index (χ1v) is 4.81. The van der Waals surface area contributed by atoms with E-state index in [0.29, 0.717) is 5.41 Å². The zero-order valence-electron chi connectivity index (χ0n) is 7.93. The maximum Gasteiger partial charge on any atom is 0.00381 e. The topological polar surface area (TPSA) is 3.24 Å². The Kier molecular flexibility index (Phi) is 1.54. The highest BCUT2D eigenvalue weighted by molar-refractivity contribution is 5.00. The third-order valence-corrected chi connectivity index (χ3v) is 4.15. The molecule has 3 atom stereocenters. The van der Waals surface area contributed by atoms with E-state index < -0.39 is 0 Å². The van der Waals surface area contributed by atoms with Crippen LogP contribution in [0, 0.1) is 17.3 Å². The molecule has 0 radical (unpaired) electrons. The van der Waals surface area contributed by atoms with E-state index in [1.807, 2.05) is 0 Å². The second kappa shape index (κ2) is 2.22. The van der Waals surface area contributed by atoms with Crippen LogP contribution >= 0.6 is 0 Å². The minimum absolute atomic E-state index is 0.661. The van der Waals surface area contributed by atoms with E-state index in [-0.39, 0.29) is 0 Å². The van der Waals surface area contributed by atoms with Crippen molar-refractivity contribution in [1.29, 1.82) is 0 Å². The molecule has 2 aliphatic rings. The van der Waals surface area contributed by atoms with Gasteiger partial charge in [-0.25, -0.2) is 0 Å². The Morgan fingerprint density at radius 3 is 2.73 bits per heavy atom. The molecule has 1 aliphatic carbocycles. The van der Waals surface area contributed by atoms with Crippen LogP contribution < -0.4 is 0 Å². The Morgan fingerprint density at radius 1 is 1.36 bits per heavy atom. The van der Waals surface area contributed by atoms with Gasteiger partial charge < -0.3 is 4.90 Å². The van der Waals surface area contributed by atoms with Gasteiger partial charge in [-0.05, 0) is 37.1 Å². The van der Waals surface area contributed by atoms with Crippen LogP contribution in [0.3, 0.4) is 0 Å². The summed E-state index contributed by atoms with van der Waals surface area (Å²) in [6.45, 7) is 7.59. The first kappa shape index (κ1) is 7.60. The van der Waals surface area contributed by atoms with Crippen molar-refractivity contribution in [2.75, 3.05) is 20.1 Å². The lowest BCUT2D eigenvalue weighted by Crippen LogP contribution is -2.27. The summed E-state index contributed by atoms with van der Waals surface area (Å²) < 4.78 is 0. The average molecular weight is 153 g/mol. The molecule has 3 unspecified atom stereocenters. The monoisotopic (exact) mass is 153 g/mol. The van der Waals surface area contributed by atoms with Crippen molar-refractivity contribution >= 4 is 0 Å². The smallest absolute Gasteiger partial charge is 0.00381 e. The highest BCUT2D eigenvalue weighted by Gasteiger charge is 2.48. The Morgan fingerprint density at radius 2 is 2.09 bits per heavy atom. The van der Waals surface area contributed by atoms with Gasteiger partial charge in [0.05, 0.1) is 0 Å². The standard InChI is InChI=1S/C10H19N/c1-8-4-5-9-6-11(3)7-10(8,9)2/h8-9H,4-7H2,1-3H3. The van der Waals surface area contributed by atoms with Gasteiger partial charge in [0.15, 0.2) is 0 Å². The van der Waals surface area contributed by atoms with Crippen LogP contribution in [-0.4, -0.2) is 25.0 Å². The number of rotatable bonds is 0. The van der Waals surface area contributed by atoms with Crippen molar-refractivity contribution in [3.8, 4) is 0 Å². The van der Waals surface area contributed by atoms with Gasteiger partial charge in [0.25, 0.3) is 0 Å². The van der Waals surface area contributed by atoms with Crippen molar-refractivity contribution < 1.29 is 0 Å². The van der Waals surface area contributed by atoms with Gasteiger partial charge in [0, 0.05) is 13.1 Å². The fourth-order valence-electron chi connectivity index (χ4n) is 3.12. The molecule has 1 heteroatoms. The molecule has 0 aromatic heterocycles. The zero-order valence-corrected chi connectivity index (χ0v) is 7.93. The lowest BCUT2D eigenvalue weighted by molar-refractivity contribution is 0.214. The van der Waals surface area contributed by atoms with E-state index in [1.54, 1.807) is 0 Å². The third kappa shape index (κ3) is 0.936. The summed E-state index contributed by atoms with van der Waals surface area (Å²) in [7, 11) is 2.26. The summed E-state index contributed by atoms with van der Waals surface area (Å²) in [5.74, 6) is 1.96. The van der Waals surface area contributed by atoms with Crippen molar-refractivity contribution in [3.63, 3.8) is 0 Å². The molecule has 64 valence electrons. The van der Waals surface area contributed by atoms with Crippen LogP contribution in [0.15, 0.2) is 0 Å². The molecule has 1 nitrogen and oxygen atoms in total. The summed E-state index contributed by atoms with van der Waals surface area (Å²) in [5.41, 5.74) is 0.661. The quantitative estimate of drug-likeness (QED) is 0.514. The van der Waals surface area contributed by atoms with E-state index in [0.717, 1.165) is 11.8 Å². The van der Waals surface area contributed by atoms with Gasteiger partial charge in [0.1, 0.15) is 0 Å². The molecule has 2 fully saturated rings. The normalized spacial score (nSPS) is 51.5. The molecule has 0 aromatic carbocycles. The van der Waals surface area contributed by atoms with Crippen LogP contribution in [0.2, 0.25) is 0 Å². The zero-order chi connectivity index (χ0) is 8.06. The van der Waals surface area contributed by atoms with Crippen LogP contribution in [-0.2, 0) is 0 Å². The second-order valence-corrected chi connectivity index (χ2v) is 4.88. The van der Waals surface area contributed by atoms with Gasteiger partial charge in [-0.1, -0.05) is 13.8 Å². The van der Waals surface area contributed by atoms with E-state index in [9.17, 15) is 0 Å². The minimum Gasteiger partial charge on any atom is -0.306 e. The van der Waals surface area contributed by atoms with E-state index in [1.165, 1.54) is 25.9 Å². The summed E-state index contributed by atoms with van der Waals surface area (Å²) >= 11 is 0. The van der Waals surface area contributed by atoms with Crippen LogP contribution in [0.5, 0.6) is 0 Å². The molecule has 1 saturated heterocycles. The third-order valence-electron chi connectivity index (χ3n) is 4.15. The molecule has 0 bridgehead atoms. The Hall–Kier alpha value is -0.0400. The van der Waals surface area contributed by atoms with Crippen molar-refractivity contribution in [3.05, 3.63) is 0 Å². The van der Waals surface area contributed by atoms with Gasteiger partial charge in [-0.3, -0.25) is 0 Å². The Labute approximate surface area is 69.8 Å². The second-order valence-electron chi connectivity index (χ2n) is 4.88. The van der Waals surface area contributed by atoms with Crippen molar-refractivity contribution in [2.24, 2.45) is 17.3 Å². The summed E-state index contributed by atoms with van der Waals surface area (Å²) in [6.07, 6.45) is 2.94. The summed E-state index contributed by atoms with van der Waals surface area (Å²) in [5, 5.41) is 0. The molecule has 0 N–H and O–H groups in total. The van der Waals surface area contributed by atoms with Gasteiger partial charge in [-0.15, -0.1) is 0 Å². The molecule has 11 heavy (non-hydrogen) atoms. The van der Waals surface area contributed by atoms with Crippen molar-refractivity contribution in [2.45, 2.75) is 26.7 Å². The van der Waals surface area contributed by atoms with Crippen LogP contribution in [0.1, 0.15) is 26.7 Å². The molecular weight excluding hydrogens is 134 g/mol. The maximum absolute atomic E-state index is 2.50. The molecule has 1 aliphatic heterocycles. The molecule has 0 amide bonds. The molecular formula is C10H19N. The number of likely N-dealkylation sites (tertiary alicyclic amines) is 1. The predicted octanol–water partition coefficient (Wildman–Crippen LogP) is 1.98. The Balaban J connectivity index is 2.20. The van der Waals surface area contributed by atoms with Crippen LogP contribution in [0.25, 0.3) is 0 Å². The summed E-state index contributed by atoms with van der Waals surface area (Å²) in [6, 6.07) is 0. The van der Waals surface area contributed by atoms with E-state index in [4.69, 9.17) is 0 Å². The SMILES string of the molecule is CC1CCC2CN(C)CC12C. The molecule has 1 heterocycles. The highest BCUT2D eigenvalue weighted by atomic mass is 15.1. The van der Waals surface area contributed by atoms with Gasteiger partial charge >= 0.3 is 0 Å². The average Bonchev–Trinajstić information content (AvgIpc) is 2.32. The first-order chi connectivity index (χ1) is 5.13. The molecule has 2 rings (SSSR count). The fraction of sp³-hybridized carbons (Fsp3) is 1.00. The fourth-order valence-corrected chi connectivity index (χ4v) is 3.12. The lowest BCUT2D eigenvalue weighted by atomic mass is 9.77. The first-order valence-electron chi connectivity index (χ1n) is 4.81. The predicted molar refractivity (Wildman–Crippen MR) is 47.5 cm³/mol. The van der Waals surface area contributed by atoms with E-state index >= 15 is 0 Å². The molecule has 0 aromatic rings. The summed E-state index contributed by atoms with van der Waals surface area (Å²) in [4.78, 5) is 2.50. The van der Waals surface area contributed by atoms with Gasteiger partial charge in [0.2, 0.25) is 0 Å².